The van der Waals surface area contributed by atoms with Gasteiger partial charge in [0.05, 0.1) is 11.5 Å². The third kappa shape index (κ3) is 4.57. The van der Waals surface area contributed by atoms with Crippen molar-refractivity contribution in [3.63, 3.8) is 0 Å². The van der Waals surface area contributed by atoms with Gasteiger partial charge in [0.2, 0.25) is 0 Å². The molecule has 20 heavy (non-hydrogen) atoms. The monoisotopic (exact) mass is 278 g/mol. The topological polar surface area (TPSA) is 92.4 Å². The number of aryl methyl sites for hydroxylation is 1. The van der Waals surface area contributed by atoms with Crippen molar-refractivity contribution >= 4 is 17.6 Å². The van der Waals surface area contributed by atoms with Crippen LogP contribution in [0.4, 0.5) is 5.69 Å². The second-order valence-corrected chi connectivity index (χ2v) is 5.47. The van der Waals surface area contributed by atoms with Gasteiger partial charge in [0.25, 0.3) is 5.91 Å². The van der Waals surface area contributed by atoms with E-state index >= 15 is 0 Å². The lowest BCUT2D eigenvalue weighted by Gasteiger charge is -2.16. The summed E-state index contributed by atoms with van der Waals surface area (Å²) in [5.74, 6) is -1.54. The van der Waals surface area contributed by atoms with E-state index in [4.69, 9.17) is 10.8 Å². The lowest BCUT2D eigenvalue weighted by Crippen LogP contribution is -2.34. The van der Waals surface area contributed by atoms with Gasteiger partial charge in [-0.25, -0.2) is 0 Å². The fraction of sp³-hybridized carbons (Fsp3) is 0.467. The predicted octanol–water partition coefficient (Wildman–Crippen LogP) is 2.05. The van der Waals surface area contributed by atoms with Crippen molar-refractivity contribution in [1.82, 2.24) is 5.32 Å². The molecular weight excluding hydrogens is 256 g/mol. The number of rotatable bonds is 6. The van der Waals surface area contributed by atoms with Crippen molar-refractivity contribution in [2.24, 2.45) is 11.8 Å². The van der Waals surface area contributed by atoms with Crippen LogP contribution in [-0.4, -0.2) is 23.5 Å². The molecule has 0 saturated heterocycles. The number of nitrogens with two attached hydrogens (primary N) is 1. The highest BCUT2D eigenvalue weighted by Crippen LogP contribution is 2.15. The lowest BCUT2D eigenvalue weighted by atomic mass is 9.97. The number of carboxylic acid groups (broad SMARTS) is 1. The van der Waals surface area contributed by atoms with E-state index < -0.39 is 11.9 Å². The van der Waals surface area contributed by atoms with E-state index in [0.717, 1.165) is 5.56 Å². The summed E-state index contributed by atoms with van der Waals surface area (Å²) in [5, 5.41) is 11.8. The van der Waals surface area contributed by atoms with E-state index in [-0.39, 0.29) is 18.4 Å². The highest BCUT2D eigenvalue weighted by atomic mass is 16.4. The SMILES string of the molecule is Cc1ccc(N)c(C(=O)NCC(CC(C)C)C(=O)O)c1. The van der Waals surface area contributed by atoms with Crippen LogP contribution in [0.5, 0.6) is 0 Å². The first-order valence-electron chi connectivity index (χ1n) is 6.68. The van der Waals surface area contributed by atoms with E-state index in [1.165, 1.54) is 0 Å². The molecule has 0 aliphatic heterocycles. The number of benzene rings is 1. The first-order chi connectivity index (χ1) is 9.31. The lowest BCUT2D eigenvalue weighted by molar-refractivity contribution is -0.142. The zero-order chi connectivity index (χ0) is 15.3. The molecule has 1 unspecified atom stereocenters. The number of anilines is 1. The average Bonchev–Trinajstić information content (AvgIpc) is 2.36. The van der Waals surface area contributed by atoms with Gasteiger partial charge in [0.1, 0.15) is 0 Å². The van der Waals surface area contributed by atoms with Crippen LogP contribution in [0.1, 0.15) is 36.2 Å². The zero-order valence-corrected chi connectivity index (χ0v) is 12.1. The summed E-state index contributed by atoms with van der Waals surface area (Å²) >= 11 is 0. The fourth-order valence-corrected chi connectivity index (χ4v) is 2.02. The summed E-state index contributed by atoms with van der Waals surface area (Å²) in [6, 6.07) is 5.20. The molecule has 0 bridgehead atoms. The van der Waals surface area contributed by atoms with Gasteiger partial charge in [-0.1, -0.05) is 25.5 Å². The minimum absolute atomic E-state index is 0.111. The summed E-state index contributed by atoms with van der Waals surface area (Å²) in [4.78, 5) is 23.2. The van der Waals surface area contributed by atoms with Crippen LogP contribution in [0.15, 0.2) is 18.2 Å². The van der Waals surface area contributed by atoms with Gasteiger partial charge in [0.15, 0.2) is 0 Å². The summed E-state index contributed by atoms with van der Waals surface area (Å²) in [6.07, 6.45) is 0.527. The maximum absolute atomic E-state index is 12.0. The molecule has 0 fully saturated rings. The van der Waals surface area contributed by atoms with E-state index in [2.05, 4.69) is 5.32 Å². The Balaban J connectivity index is 2.70. The highest BCUT2D eigenvalue weighted by Gasteiger charge is 2.20. The number of carboxylic acids is 1. The Morgan fingerprint density at radius 3 is 2.55 bits per heavy atom. The zero-order valence-electron chi connectivity index (χ0n) is 12.1. The van der Waals surface area contributed by atoms with Gasteiger partial charge in [-0.3, -0.25) is 9.59 Å². The van der Waals surface area contributed by atoms with Crippen LogP contribution in [0.25, 0.3) is 0 Å². The van der Waals surface area contributed by atoms with Crippen molar-refractivity contribution in [2.45, 2.75) is 27.2 Å². The first kappa shape index (κ1) is 16.0. The number of nitrogen functional groups attached to an aromatic ring is 1. The third-order valence-electron chi connectivity index (χ3n) is 3.07. The van der Waals surface area contributed by atoms with Crippen LogP contribution < -0.4 is 11.1 Å². The quantitative estimate of drug-likeness (QED) is 0.694. The molecule has 0 saturated carbocycles. The fourth-order valence-electron chi connectivity index (χ4n) is 2.02. The number of carbonyl (C=O) groups is 2. The van der Waals surface area contributed by atoms with Gasteiger partial charge in [-0.05, 0) is 31.4 Å². The Bertz CT molecular complexity index is 498. The molecule has 1 rings (SSSR count). The molecule has 0 spiro atoms. The Labute approximate surface area is 119 Å². The molecule has 0 heterocycles. The normalized spacial score (nSPS) is 12.2. The Morgan fingerprint density at radius 2 is 2.00 bits per heavy atom. The van der Waals surface area contributed by atoms with Gasteiger partial charge >= 0.3 is 5.97 Å². The Kier molecular flexibility index (Phi) is 5.55. The second kappa shape index (κ2) is 6.93. The number of hydrogen-bond donors (Lipinski definition) is 3. The molecular formula is C15H22N2O3. The van der Waals surface area contributed by atoms with Crippen LogP contribution in [0.2, 0.25) is 0 Å². The molecule has 5 nitrogen and oxygen atoms in total. The second-order valence-electron chi connectivity index (χ2n) is 5.47. The minimum atomic E-state index is -0.892. The van der Waals surface area contributed by atoms with Crippen molar-refractivity contribution in [3.8, 4) is 0 Å². The van der Waals surface area contributed by atoms with Crippen LogP contribution in [-0.2, 0) is 4.79 Å². The number of amides is 1. The van der Waals surface area contributed by atoms with Crippen molar-refractivity contribution in [3.05, 3.63) is 29.3 Å². The number of nitrogens with one attached hydrogen (secondary N) is 1. The predicted molar refractivity (Wildman–Crippen MR) is 78.5 cm³/mol. The summed E-state index contributed by atoms with van der Waals surface area (Å²) in [7, 11) is 0. The van der Waals surface area contributed by atoms with E-state index in [0.29, 0.717) is 17.7 Å². The van der Waals surface area contributed by atoms with Crippen molar-refractivity contribution in [1.29, 1.82) is 0 Å². The standard InChI is InChI=1S/C15H22N2O3/c1-9(2)6-11(15(19)20)8-17-14(18)12-7-10(3)4-5-13(12)16/h4-5,7,9,11H,6,8,16H2,1-3H3,(H,17,18)(H,19,20). The largest absolute Gasteiger partial charge is 0.481 e. The number of hydrogen-bond acceptors (Lipinski definition) is 3. The summed E-state index contributed by atoms with van der Waals surface area (Å²) in [6.45, 7) is 5.89. The molecule has 1 amide bonds. The summed E-state index contributed by atoms with van der Waals surface area (Å²) < 4.78 is 0. The molecule has 0 aliphatic carbocycles. The van der Waals surface area contributed by atoms with E-state index in [1.807, 2.05) is 26.8 Å². The van der Waals surface area contributed by atoms with Gasteiger partial charge in [-0.2, -0.15) is 0 Å². The number of carbonyl (C=O) groups excluding carboxylic acids is 1. The highest BCUT2D eigenvalue weighted by molar-refractivity contribution is 5.99. The van der Waals surface area contributed by atoms with Gasteiger partial charge in [0, 0.05) is 12.2 Å². The first-order valence-corrected chi connectivity index (χ1v) is 6.68. The molecule has 0 aliphatic rings. The van der Waals surface area contributed by atoms with Crippen LogP contribution >= 0.6 is 0 Å². The molecule has 0 aromatic heterocycles. The van der Waals surface area contributed by atoms with Crippen LogP contribution in [0, 0.1) is 18.8 Å². The molecule has 1 aromatic rings. The van der Waals surface area contributed by atoms with Crippen molar-refractivity contribution < 1.29 is 14.7 Å². The minimum Gasteiger partial charge on any atom is -0.481 e. The molecule has 4 N–H and O–H groups in total. The molecule has 5 heteroatoms. The third-order valence-corrected chi connectivity index (χ3v) is 3.07. The van der Waals surface area contributed by atoms with Gasteiger partial charge < -0.3 is 16.2 Å². The molecule has 110 valence electrons. The molecule has 0 radical (unpaired) electrons. The Hall–Kier alpha value is -2.04. The average molecular weight is 278 g/mol. The molecule has 1 atom stereocenters. The molecule has 1 aromatic carbocycles. The number of aliphatic carboxylic acids is 1. The Morgan fingerprint density at radius 1 is 1.35 bits per heavy atom. The van der Waals surface area contributed by atoms with Gasteiger partial charge in [-0.15, -0.1) is 0 Å². The maximum Gasteiger partial charge on any atom is 0.308 e. The van der Waals surface area contributed by atoms with Crippen LogP contribution in [0.3, 0.4) is 0 Å². The summed E-state index contributed by atoms with van der Waals surface area (Å²) in [5.41, 5.74) is 7.47. The van der Waals surface area contributed by atoms with E-state index in [9.17, 15) is 9.59 Å². The smallest absolute Gasteiger partial charge is 0.308 e. The maximum atomic E-state index is 12.0. The van der Waals surface area contributed by atoms with Crippen molar-refractivity contribution in [2.75, 3.05) is 12.3 Å². The van der Waals surface area contributed by atoms with E-state index in [1.54, 1.807) is 12.1 Å².